The van der Waals surface area contributed by atoms with E-state index in [-0.39, 0.29) is 30.7 Å². The number of H-pyrrole nitrogens is 1. The van der Waals surface area contributed by atoms with Crippen molar-refractivity contribution in [2.24, 2.45) is 17.6 Å². The van der Waals surface area contributed by atoms with Crippen LogP contribution in [-0.2, 0) is 43.2 Å². The summed E-state index contributed by atoms with van der Waals surface area (Å²) in [7, 11) is 0. The number of hydrogen-bond acceptors (Lipinski definition) is 7. The van der Waals surface area contributed by atoms with E-state index in [0.717, 1.165) is 33.3 Å². The molecule has 1 aliphatic heterocycles. The number of carboxylic acid groups (broad SMARTS) is 1. The fraction of sp³-hybridized carbons (Fsp3) is 0.405. The van der Waals surface area contributed by atoms with Crippen molar-refractivity contribution in [1.82, 2.24) is 31.6 Å². The van der Waals surface area contributed by atoms with Crippen LogP contribution in [0.25, 0.3) is 10.9 Å². The highest BCUT2D eigenvalue weighted by molar-refractivity contribution is 5.94. The van der Waals surface area contributed by atoms with E-state index in [1.165, 1.54) is 0 Å². The maximum Gasteiger partial charge on any atom is 0.326 e. The summed E-state index contributed by atoms with van der Waals surface area (Å²) in [5.41, 5.74) is 10.5. The lowest BCUT2D eigenvalue weighted by atomic mass is 9.92. The van der Waals surface area contributed by atoms with Crippen LogP contribution in [0.3, 0.4) is 0 Å². The summed E-state index contributed by atoms with van der Waals surface area (Å²) in [6.45, 7) is 7.59. The van der Waals surface area contributed by atoms with Gasteiger partial charge in [0, 0.05) is 29.6 Å². The van der Waals surface area contributed by atoms with Gasteiger partial charge in [-0.1, -0.05) is 107 Å². The summed E-state index contributed by atoms with van der Waals surface area (Å²) in [6, 6.07) is 21.0. The molecule has 55 heavy (non-hydrogen) atoms. The number of carboxylic acids is 1. The molecule has 0 bridgehead atoms. The molecule has 1 aliphatic rings. The van der Waals surface area contributed by atoms with Gasteiger partial charge < -0.3 is 37.1 Å². The molecular weight excluding hydrogens is 699 g/mol. The molecule has 13 nitrogen and oxygen atoms in total. The second-order valence-electron chi connectivity index (χ2n) is 15.1. The zero-order valence-corrected chi connectivity index (χ0v) is 31.8. The number of carbonyl (C=O) groups is 5. The van der Waals surface area contributed by atoms with Crippen LogP contribution in [0.2, 0.25) is 0 Å². The highest BCUT2D eigenvalue weighted by atomic mass is 16.4. The van der Waals surface area contributed by atoms with Gasteiger partial charge in [0.2, 0.25) is 23.6 Å². The van der Waals surface area contributed by atoms with Crippen molar-refractivity contribution in [3.63, 3.8) is 0 Å². The Kier molecular flexibility index (Phi) is 13.8. The smallest absolute Gasteiger partial charge is 0.326 e. The first-order valence-electron chi connectivity index (χ1n) is 18.9. The molecular formula is C42H53N7O6. The molecule has 0 fully saturated rings. The summed E-state index contributed by atoms with van der Waals surface area (Å²) < 4.78 is 0. The van der Waals surface area contributed by atoms with Crippen molar-refractivity contribution >= 4 is 40.5 Å². The minimum Gasteiger partial charge on any atom is -0.480 e. The second kappa shape index (κ2) is 18.7. The van der Waals surface area contributed by atoms with Crippen LogP contribution < -0.4 is 32.3 Å². The van der Waals surface area contributed by atoms with Crippen LogP contribution >= 0.6 is 0 Å². The SMILES string of the molecule is CC(C)C[C@H](NC(=O)[C@H](N)Cc1ccccc1)C(=O)NCC1NC(C(=O)N[C@H](C(=O)N[C@@H](Cc2ccccc2)C(=O)O)C(C)C)Cc2c1[nH]c1ccccc21. The van der Waals surface area contributed by atoms with Crippen molar-refractivity contribution in [2.75, 3.05) is 6.54 Å². The van der Waals surface area contributed by atoms with E-state index in [2.05, 4.69) is 31.6 Å². The van der Waals surface area contributed by atoms with Gasteiger partial charge in [-0.25, -0.2) is 4.79 Å². The topological polar surface area (TPSA) is 208 Å². The van der Waals surface area contributed by atoms with Crippen LogP contribution in [-0.4, -0.2) is 76.4 Å². The Labute approximate surface area is 321 Å². The Morgan fingerprint density at radius 2 is 1.36 bits per heavy atom. The highest BCUT2D eigenvalue weighted by Crippen LogP contribution is 2.32. The Morgan fingerprint density at radius 1 is 0.764 bits per heavy atom. The van der Waals surface area contributed by atoms with Gasteiger partial charge in [0.05, 0.1) is 18.1 Å². The van der Waals surface area contributed by atoms with Gasteiger partial charge in [-0.05, 0) is 53.9 Å². The number of amides is 4. The van der Waals surface area contributed by atoms with Gasteiger partial charge in [0.25, 0.3) is 0 Å². The Bertz CT molecular complexity index is 1950. The molecule has 0 aliphatic carbocycles. The van der Waals surface area contributed by atoms with Gasteiger partial charge in [-0.15, -0.1) is 0 Å². The maximum atomic E-state index is 14.0. The number of aromatic amines is 1. The van der Waals surface area contributed by atoms with Crippen molar-refractivity contribution < 1.29 is 29.1 Å². The van der Waals surface area contributed by atoms with Crippen LogP contribution in [0.1, 0.15) is 62.5 Å². The Balaban J connectivity index is 1.29. The lowest BCUT2D eigenvalue weighted by Crippen LogP contribution is -2.59. The maximum absolute atomic E-state index is 14.0. The highest BCUT2D eigenvalue weighted by Gasteiger charge is 2.37. The van der Waals surface area contributed by atoms with Gasteiger partial charge in [0.15, 0.2) is 0 Å². The average Bonchev–Trinajstić information content (AvgIpc) is 3.54. The number of aliphatic carboxylic acids is 1. The Hall–Kier alpha value is -5.53. The number of benzene rings is 3. The number of nitrogens with two attached hydrogens (primary N) is 1. The fourth-order valence-electron chi connectivity index (χ4n) is 7.03. The lowest BCUT2D eigenvalue weighted by molar-refractivity contribution is -0.142. The number of nitrogens with one attached hydrogen (secondary N) is 6. The molecule has 4 amide bonds. The van der Waals surface area contributed by atoms with E-state index in [9.17, 15) is 29.1 Å². The largest absolute Gasteiger partial charge is 0.480 e. The summed E-state index contributed by atoms with van der Waals surface area (Å²) in [6.07, 6.45) is 1.11. The minimum atomic E-state index is -1.19. The van der Waals surface area contributed by atoms with Crippen molar-refractivity contribution in [2.45, 2.75) is 89.6 Å². The first kappa shape index (κ1) is 40.7. The van der Waals surface area contributed by atoms with Gasteiger partial charge in [-0.2, -0.15) is 0 Å². The van der Waals surface area contributed by atoms with Crippen molar-refractivity contribution in [1.29, 1.82) is 0 Å². The normalized spacial score (nSPS) is 17.4. The van der Waals surface area contributed by atoms with Gasteiger partial charge >= 0.3 is 5.97 Å². The summed E-state index contributed by atoms with van der Waals surface area (Å²) in [4.78, 5) is 70.0. The number of rotatable bonds is 17. The molecule has 6 atom stereocenters. The standard InChI is InChI=1S/C42H53N7O6/c1-24(2)19-32(47-38(50)30(43)20-26-13-7-5-8-14-26)39(51)44-23-35-37-29(28-17-11-12-18-31(28)46-37)22-33(45-35)40(52)49-36(25(3)4)41(53)48-34(42(54)55)21-27-15-9-6-10-16-27/h5-18,24-25,30,32-36,45-46H,19-23,43H2,1-4H3,(H,44,51)(H,47,50)(H,48,53)(H,49,52)(H,54,55)/t30-,32+,33?,34+,35?,36+/m1/s1. The molecule has 9 N–H and O–H groups in total. The lowest BCUT2D eigenvalue weighted by Gasteiger charge is -2.33. The average molecular weight is 752 g/mol. The third-order valence-electron chi connectivity index (χ3n) is 9.92. The first-order valence-corrected chi connectivity index (χ1v) is 18.9. The summed E-state index contributed by atoms with van der Waals surface area (Å²) in [5, 5.41) is 25.6. The van der Waals surface area contributed by atoms with E-state index >= 15 is 0 Å². The number of para-hydroxylation sites is 1. The third kappa shape index (κ3) is 10.8. The quantitative estimate of drug-likeness (QED) is 0.0803. The van der Waals surface area contributed by atoms with Gasteiger partial charge in [0.1, 0.15) is 18.1 Å². The number of carbonyl (C=O) groups excluding carboxylic acids is 4. The third-order valence-corrected chi connectivity index (χ3v) is 9.92. The molecule has 5 rings (SSSR count). The zero-order chi connectivity index (χ0) is 39.6. The molecule has 4 aromatic rings. The molecule has 0 saturated heterocycles. The monoisotopic (exact) mass is 751 g/mol. The first-order chi connectivity index (χ1) is 26.3. The summed E-state index contributed by atoms with van der Waals surface area (Å²) in [5.74, 6) is -3.27. The van der Waals surface area contributed by atoms with E-state index in [0.29, 0.717) is 19.3 Å². The second-order valence-corrected chi connectivity index (χ2v) is 15.1. The van der Waals surface area contributed by atoms with Crippen LogP contribution in [0.15, 0.2) is 84.9 Å². The van der Waals surface area contributed by atoms with E-state index < -0.39 is 59.9 Å². The fourth-order valence-corrected chi connectivity index (χ4v) is 7.03. The minimum absolute atomic E-state index is 0.0871. The molecule has 0 saturated carbocycles. The van der Waals surface area contributed by atoms with E-state index in [1.807, 2.05) is 74.5 Å². The van der Waals surface area contributed by atoms with E-state index in [4.69, 9.17) is 5.73 Å². The van der Waals surface area contributed by atoms with Crippen LogP contribution in [0, 0.1) is 11.8 Å². The molecule has 3 aromatic carbocycles. The zero-order valence-electron chi connectivity index (χ0n) is 31.8. The van der Waals surface area contributed by atoms with Crippen molar-refractivity contribution in [3.8, 4) is 0 Å². The van der Waals surface area contributed by atoms with E-state index in [1.54, 1.807) is 38.1 Å². The van der Waals surface area contributed by atoms with Crippen molar-refractivity contribution in [3.05, 3.63) is 107 Å². The van der Waals surface area contributed by atoms with Crippen LogP contribution in [0.4, 0.5) is 0 Å². The molecule has 0 radical (unpaired) electrons. The predicted octanol–water partition coefficient (Wildman–Crippen LogP) is 2.89. The Morgan fingerprint density at radius 3 is 1.98 bits per heavy atom. The number of fused-ring (bicyclic) bond motifs is 3. The number of hydrogen-bond donors (Lipinski definition) is 8. The summed E-state index contributed by atoms with van der Waals surface area (Å²) >= 11 is 0. The molecule has 13 heteroatoms. The van der Waals surface area contributed by atoms with Crippen LogP contribution in [0.5, 0.6) is 0 Å². The molecule has 2 unspecified atom stereocenters. The molecule has 0 spiro atoms. The van der Waals surface area contributed by atoms with Gasteiger partial charge in [-0.3, -0.25) is 24.5 Å². The molecule has 1 aromatic heterocycles. The molecule has 292 valence electrons. The number of aromatic nitrogens is 1. The molecule has 2 heterocycles. The predicted molar refractivity (Wildman–Crippen MR) is 211 cm³/mol.